The average molecular weight is 291 g/mol. The van der Waals surface area contributed by atoms with Crippen molar-refractivity contribution in [2.24, 2.45) is 5.92 Å². The predicted molar refractivity (Wildman–Crippen MR) is 77.9 cm³/mol. The third-order valence-corrected chi connectivity index (χ3v) is 3.27. The second-order valence-corrected chi connectivity index (χ2v) is 5.49. The zero-order valence-electron chi connectivity index (χ0n) is 12.5. The zero-order chi connectivity index (χ0) is 15.2. The highest BCUT2D eigenvalue weighted by Gasteiger charge is 2.25. The lowest BCUT2D eigenvalue weighted by Gasteiger charge is -2.34. The number of hydrogen-bond donors (Lipinski definition) is 0. The summed E-state index contributed by atoms with van der Waals surface area (Å²) in [5.41, 5.74) is 0.577. The van der Waals surface area contributed by atoms with Crippen LogP contribution < -0.4 is 0 Å². The molecular weight excluding hydrogens is 270 g/mol. The SMILES string of the molecule is CC(C)COC(=O)N1CCN(C(=O)c2cccnc2)CC1. The van der Waals surface area contributed by atoms with Crippen LogP contribution in [0.3, 0.4) is 0 Å². The van der Waals surface area contributed by atoms with Gasteiger partial charge in [0.2, 0.25) is 0 Å². The third-order valence-electron chi connectivity index (χ3n) is 3.27. The summed E-state index contributed by atoms with van der Waals surface area (Å²) >= 11 is 0. The van der Waals surface area contributed by atoms with Gasteiger partial charge in [-0.25, -0.2) is 4.79 Å². The molecule has 0 saturated carbocycles. The summed E-state index contributed by atoms with van der Waals surface area (Å²) in [5, 5.41) is 0. The Hall–Kier alpha value is -2.11. The summed E-state index contributed by atoms with van der Waals surface area (Å²) in [7, 11) is 0. The van der Waals surface area contributed by atoms with Crippen LogP contribution in [0, 0.1) is 5.92 Å². The second kappa shape index (κ2) is 7.06. The molecule has 1 aliphatic rings. The summed E-state index contributed by atoms with van der Waals surface area (Å²) in [6.07, 6.45) is 2.91. The lowest BCUT2D eigenvalue weighted by molar-refractivity contribution is 0.0535. The fourth-order valence-corrected chi connectivity index (χ4v) is 2.09. The second-order valence-electron chi connectivity index (χ2n) is 5.49. The van der Waals surface area contributed by atoms with E-state index >= 15 is 0 Å². The van der Waals surface area contributed by atoms with Crippen molar-refractivity contribution in [2.75, 3.05) is 32.8 Å². The number of amides is 2. The van der Waals surface area contributed by atoms with E-state index in [1.807, 2.05) is 13.8 Å². The van der Waals surface area contributed by atoms with Crippen molar-refractivity contribution in [1.82, 2.24) is 14.8 Å². The van der Waals surface area contributed by atoms with Crippen LogP contribution in [0.2, 0.25) is 0 Å². The summed E-state index contributed by atoms with van der Waals surface area (Å²) in [6, 6.07) is 3.49. The van der Waals surface area contributed by atoms with Gasteiger partial charge in [0.15, 0.2) is 0 Å². The minimum absolute atomic E-state index is 0.0432. The van der Waals surface area contributed by atoms with E-state index in [4.69, 9.17) is 4.74 Å². The maximum Gasteiger partial charge on any atom is 0.409 e. The molecule has 0 radical (unpaired) electrons. The van der Waals surface area contributed by atoms with Gasteiger partial charge in [-0.15, -0.1) is 0 Å². The molecule has 0 aliphatic carbocycles. The van der Waals surface area contributed by atoms with E-state index in [2.05, 4.69) is 4.98 Å². The van der Waals surface area contributed by atoms with Gasteiger partial charge in [0.1, 0.15) is 0 Å². The Morgan fingerprint density at radius 1 is 1.24 bits per heavy atom. The Morgan fingerprint density at radius 2 is 1.90 bits per heavy atom. The molecule has 1 fully saturated rings. The Bertz CT molecular complexity index is 482. The predicted octanol–water partition coefficient (Wildman–Crippen LogP) is 1.63. The topological polar surface area (TPSA) is 62.7 Å². The van der Waals surface area contributed by atoms with Crippen LogP contribution in [0.1, 0.15) is 24.2 Å². The van der Waals surface area contributed by atoms with Crippen molar-refractivity contribution in [2.45, 2.75) is 13.8 Å². The van der Waals surface area contributed by atoms with Crippen LogP contribution in [-0.4, -0.2) is 59.6 Å². The van der Waals surface area contributed by atoms with Gasteiger partial charge in [0.05, 0.1) is 12.2 Å². The number of piperazine rings is 1. The molecule has 0 aromatic carbocycles. The van der Waals surface area contributed by atoms with Crippen LogP contribution in [0.15, 0.2) is 24.5 Å². The molecule has 0 unspecified atom stereocenters. The van der Waals surface area contributed by atoms with Crippen LogP contribution in [0.25, 0.3) is 0 Å². The standard InChI is InChI=1S/C15H21N3O3/c1-12(2)11-21-15(20)18-8-6-17(7-9-18)14(19)13-4-3-5-16-10-13/h3-5,10,12H,6-9,11H2,1-2H3. The third kappa shape index (κ3) is 4.18. The molecule has 2 amide bonds. The molecular formula is C15H21N3O3. The molecule has 21 heavy (non-hydrogen) atoms. The summed E-state index contributed by atoms with van der Waals surface area (Å²) in [4.78, 5) is 31.4. The number of rotatable bonds is 3. The largest absolute Gasteiger partial charge is 0.449 e. The first-order valence-corrected chi connectivity index (χ1v) is 7.19. The van der Waals surface area contributed by atoms with Crippen molar-refractivity contribution in [3.63, 3.8) is 0 Å². The molecule has 2 heterocycles. The van der Waals surface area contributed by atoms with Crippen molar-refractivity contribution in [3.8, 4) is 0 Å². The monoisotopic (exact) mass is 291 g/mol. The first-order chi connectivity index (χ1) is 10.1. The molecule has 0 spiro atoms. The molecule has 6 nitrogen and oxygen atoms in total. The highest BCUT2D eigenvalue weighted by atomic mass is 16.6. The molecule has 114 valence electrons. The first kappa shape index (κ1) is 15.3. The summed E-state index contributed by atoms with van der Waals surface area (Å²) in [5.74, 6) is 0.278. The van der Waals surface area contributed by atoms with E-state index < -0.39 is 0 Å². The van der Waals surface area contributed by atoms with Gasteiger partial charge in [0.25, 0.3) is 5.91 Å². The lowest BCUT2D eigenvalue weighted by atomic mass is 10.2. The number of ether oxygens (including phenoxy) is 1. The van der Waals surface area contributed by atoms with E-state index in [1.54, 1.807) is 34.3 Å². The zero-order valence-corrected chi connectivity index (χ0v) is 12.5. The van der Waals surface area contributed by atoms with Crippen molar-refractivity contribution >= 4 is 12.0 Å². The molecule has 1 aromatic rings. The number of carbonyl (C=O) groups excluding carboxylic acids is 2. The molecule has 1 aromatic heterocycles. The minimum Gasteiger partial charge on any atom is -0.449 e. The number of aromatic nitrogens is 1. The van der Waals surface area contributed by atoms with E-state index in [1.165, 1.54) is 0 Å². The van der Waals surface area contributed by atoms with Gasteiger partial charge in [-0.1, -0.05) is 13.8 Å². The van der Waals surface area contributed by atoms with Crippen LogP contribution in [0.5, 0.6) is 0 Å². The minimum atomic E-state index is -0.294. The first-order valence-electron chi connectivity index (χ1n) is 7.19. The normalized spacial score (nSPS) is 15.2. The molecule has 0 bridgehead atoms. The van der Waals surface area contributed by atoms with Gasteiger partial charge < -0.3 is 14.5 Å². The molecule has 2 rings (SSSR count). The van der Waals surface area contributed by atoms with Gasteiger partial charge in [-0.3, -0.25) is 9.78 Å². The molecule has 6 heteroatoms. The van der Waals surface area contributed by atoms with Crippen LogP contribution in [-0.2, 0) is 4.74 Å². The van der Waals surface area contributed by atoms with E-state index in [9.17, 15) is 9.59 Å². The highest BCUT2D eigenvalue weighted by Crippen LogP contribution is 2.09. The molecule has 0 N–H and O–H groups in total. The Labute approximate surface area is 124 Å². The van der Waals surface area contributed by atoms with Crippen LogP contribution >= 0.6 is 0 Å². The Balaban J connectivity index is 1.83. The molecule has 1 saturated heterocycles. The smallest absolute Gasteiger partial charge is 0.409 e. The number of pyridine rings is 1. The lowest BCUT2D eigenvalue weighted by Crippen LogP contribution is -2.50. The Morgan fingerprint density at radius 3 is 2.48 bits per heavy atom. The maximum absolute atomic E-state index is 12.2. The fourth-order valence-electron chi connectivity index (χ4n) is 2.09. The fraction of sp³-hybridized carbons (Fsp3) is 0.533. The van der Waals surface area contributed by atoms with Crippen LogP contribution in [0.4, 0.5) is 4.79 Å². The van der Waals surface area contributed by atoms with E-state index in [0.717, 1.165) is 0 Å². The number of carbonyl (C=O) groups is 2. The van der Waals surface area contributed by atoms with Gasteiger partial charge >= 0.3 is 6.09 Å². The molecule has 1 aliphatic heterocycles. The van der Waals surface area contributed by atoms with Crippen molar-refractivity contribution in [1.29, 1.82) is 0 Å². The maximum atomic E-state index is 12.2. The Kier molecular flexibility index (Phi) is 5.14. The van der Waals surface area contributed by atoms with Gasteiger partial charge in [0, 0.05) is 38.6 Å². The van der Waals surface area contributed by atoms with E-state index in [0.29, 0.717) is 44.3 Å². The quantitative estimate of drug-likeness (QED) is 0.849. The highest BCUT2D eigenvalue weighted by molar-refractivity contribution is 5.94. The summed E-state index contributed by atoms with van der Waals surface area (Å²) < 4.78 is 5.20. The van der Waals surface area contributed by atoms with Gasteiger partial charge in [-0.2, -0.15) is 0 Å². The van der Waals surface area contributed by atoms with Crippen molar-refractivity contribution < 1.29 is 14.3 Å². The molecule has 0 atom stereocenters. The van der Waals surface area contributed by atoms with E-state index in [-0.39, 0.29) is 12.0 Å². The summed E-state index contributed by atoms with van der Waals surface area (Å²) in [6.45, 7) is 6.46. The number of hydrogen-bond acceptors (Lipinski definition) is 4. The van der Waals surface area contributed by atoms with Crippen molar-refractivity contribution in [3.05, 3.63) is 30.1 Å². The van der Waals surface area contributed by atoms with Gasteiger partial charge in [-0.05, 0) is 18.1 Å². The average Bonchev–Trinajstić information content (AvgIpc) is 2.53. The number of nitrogens with zero attached hydrogens (tertiary/aromatic N) is 3.